The van der Waals surface area contributed by atoms with Crippen molar-refractivity contribution >= 4 is 23.1 Å². The number of aromatic nitrogens is 4. The molecular formula is C35H39F3N10O. The van der Waals surface area contributed by atoms with Crippen LogP contribution in [0.2, 0.25) is 0 Å². The molecule has 14 heteroatoms. The van der Waals surface area contributed by atoms with Gasteiger partial charge in [0.15, 0.2) is 0 Å². The van der Waals surface area contributed by atoms with E-state index in [4.69, 9.17) is 5.10 Å². The first-order valence-corrected chi connectivity index (χ1v) is 16.3. The van der Waals surface area contributed by atoms with Crippen LogP contribution in [0.4, 0.5) is 19.0 Å². The van der Waals surface area contributed by atoms with E-state index in [9.17, 15) is 23.2 Å². The van der Waals surface area contributed by atoms with Crippen LogP contribution in [-0.4, -0.2) is 93.6 Å². The van der Waals surface area contributed by atoms with Gasteiger partial charge in [0, 0.05) is 81.0 Å². The van der Waals surface area contributed by atoms with Crippen LogP contribution < -0.4 is 10.6 Å². The van der Waals surface area contributed by atoms with Crippen LogP contribution in [0.15, 0.2) is 72.2 Å². The summed E-state index contributed by atoms with van der Waals surface area (Å²) in [6.45, 7) is 9.07. The monoisotopic (exact) mass is 672 g/mol. The van der Waals surface area contributed by atoms with E-state index < -0.39 is 23.3 Å². The van der Waals surface area contributed by atoms with Crippen LogP contribution >= 0.6 is 0 Å². The molecule has 0 aromatic carbocycles. The van der Waals surface area contributed by atoms with E-state index in [1.807, 2.05) is 42.5 Å². The van der Waals surface area contributed by atoms with Gasteiger partial charge in [-0.15, -0.1) is 0 Å². The molecule has 49 heavy (non-hydrogen) atoms. The standard InChI is InChI=1S/C35H39F3N10O/c1-4-23(2)16-28(27-6-9-41-32(27)40-3)25-21-44-48(22-25)34(7-5-8-39)19-26(20-34)46-12-14-47(15-13-46)33(49)29-17-24(31-42-10-11-43-31)18-30(45-29)35(36,37)38/h5-7,9,16-18,21-22,26,40-41H,2,4,10-15,19-20H2,1,3H3,(H,42,43)/b7-5?,28-16-. The number of nitrogens with zero attached hydrogens (tertiary/aromatic N) is 7. The average Bonchev–Trinajstić information content (AvgIpc) is 3.89. The molecule has 3 N–H and O–H groups in total. The molecule has 1 aliphatic carbocycles. The maximum atomic E-state index is 13.7. The molecular weight excluding hydrogens is 633 g/mol. The summed E-state index contributed by atoms with van der Waals surface area (Å²) in [4.78, 5) is 28.4. The van der Waals surface area contributed by atoms with Gasteiger partial charge in [-0.3, -0.25) is 19.4 Å². The third-order valence-corrected chi connectivity index (χ3v) is 9.49. The van der Waals surface area contributed by atoms with Crippen molar-refractivity contribution in [2.24, 2.45) is 4.99 Å². The van der Waals surface area contributed by atoms with Crippen molar-refractivity contribution in [3.05, 3.63) is 95.2 Å². The lowest BCUT2D eigenvalue weighted by atomic mass is 9.71. The van der Waals surface area contributed by atoms with Gasteiger partial charge in [-0.25, -0.2) is 4.98 Å². The van der Waals surface area contributed by atoms with Gasteiger partial charge >= 0.3 is 6.18 Å². The highest BCUT2D eigenvalue weighted by Crippen LogP contribution is 2.44. The van der Waals surface area contributed by atoms with E-state index in [1.165, 1.54) is 12.1 Å². The van der Waals surface area contributed by atoms with Gasteiger partial charge in [0.05, 0.1) is 24.3 Å². The lowest BCUT2D eigenvalue weighted by Crippen LogP contribution is -2.60. The highest BCUT2D eigenvalue weighted by atomic mass is 19.4. The summed E-state index contributed by atoms with van der Waals surface area (Å²) in [6, 6.07) is 6.62. The number of halogens is 3. The highest BCUT2D eigenvalue weighted by molar-refractivity contribution is 6.02. The summed E-state index contributed by atoms with van der Waals surface area (Å²) >= 11 is 0. The highest BCUT2D eigenvalue weighted by Gasteiger charge is 2.48. The Morgan fingerprint density at radius 2 is 2.02 bits per heavy atom. The number of amidine groups is 1. The van der Waals surface area contributed by atoms with Gasteiger partial charge in [0.25, 0.3) is 5.91 Å². The van der Waals surface area contributed by atoms with Crippen LogP contribution in [0.1, 0.15) is 59.1 Å². The van der Waals surface area contributed by atoms with Crippen molar-refractivity contribution in [2.75, 3.05) is 51.6 Å². The number of piperazine rings is 1. The number of nitrogens with one attached hydrogen (secondary N) is 3. The number of amides is 1. The molecule has 3 aromatic heterocycles. The summed E-state index contributed by atoms with van der Waals surface area (Å²) in [6.07, 6.45) is 8.73. The fraction of sp³-hybridized carbons (Fsp3) is 0.400. The minimum Gasteiger partial charge on any atom is -0.374 e. The zero-order chi connectivity index (χ0) is 34.8. The Labute approximate surface area is 282 Å². The van der Waals surface area contributed by atoms with Gasteiger partial charge < -0.3 is 20.5 Å². The number of aromatic amines is 1. The van der Waals surface area contributed by atoms with Gasteiger partial charge in [-0.2, -0.15) is 23.5 Å². The van der Waals surface area contributed by atoms with E-state index in [1.54, 1.807) is 4.90 Å². The molecule has 2 fully saturated rings. The number of pyridine rings is 1. The first-order valence-electron chi connectivity index (χ1n) is 16.3. The minimum atomic E-state index is -4.70. The topological polar surface area (TPSA) is 130 Å². The molecule has 0 radical (unpaired) electrons. The second-order valence-electron chi connectivity index (χ2n) is 12.5. The number of rotatable bonds is 10. The fourth-order valence-corrected chi connectivity index (χ4v) is 6.70. The number of carbonyl (C=O) groups is 1. The van der Waals surface area contributed by atoms with Gasteiger partial charge in [0.2, 0.25) is 0 Å². The first-order chi connectivity index (χ1) is 23.5. The SMILES string of the molecule is C=C(/C=C(/c1cnn(C2(C=CC#N)CC(N3CCN(C(=O)c4cc(C5=NCCN5)cc(C(F)(F)F)n4)CC3)C2)c1)c1cc[nH]c1NC)CC. The number of carbonyl (C=O) groups excluding carboxylic acids is 1. The quantitative estimate of drug-likeness (QED) is 0.208. The summed E-state index contributed by atoms with van der Waals surface area (Å²) < 4.78 is 43.0. The zero-order valence-corrected chi connectivity index (χ0v) is 27.5. The maximum Gasteiger partial charge on any atom is 0.433 e. The number of hydrogen-bond donors (Lipinski definition) is 3. The van der Waals surface area contributed by atoms with Gasteiger partial charge in [0.1, 0.15) is 23.0 Å². The summed E-state index contributed by atoms with van der Waals surface area (Å²) in [7, 11) is 1.86. The van der Waals surface area contributed by atoms with E-state index in [2.05, 4.69) is 56.1 Å². The molecule has 2 aliphatic heterocycles. The van der Waals surface area contributed by atoms with Gasteiger partial charge in [-0.05, 0) is 49.1 Å². The van der Waals surface area contributed by atoms with Crippen LogP contribution in [0, 0.1) is 11.3 Å². The molecule has 5 heterocycles. The number of allylic oxidation sites excluding steroid dienone is 4. The Bertz CT molecular complexity index is 1850. The number of H-pyrrole nitrogens is 1. The predicted octanol–water partition coefficient (Wildman–Crippen LogP) is 4.81. The van der Waals surface area contributed by atoms with Crippen molar-refractivity contribution in [3.8, 4) is 6.07 Å². The third kappa shape index (κ3) is 6.89. The molecule has 256 valence electrons. The maximum absolute atomic E-state index is 13.7. The molecule has 0 bridgehead atoms. The number of aliphatic imine (C=N–C) groups is 1. The van der Waals surface area contributed by atoms with Crippen molar-refractivity contribution in [1.29, 1.82) is 5.26 Å². The molecule has 3 aromatic rings. The van der Waals surface area contributed by atoms with E-state index in [0.717, 1.165) is 40.6 Å². The lowest BCUT2D eigenvalue weighted by Gasteiger charge is -2.52. The van der Waals surface area contributed by atoms with Crippen LogP contribution in [0.5, 0.6) is 0 Å². The molecule has 6 rings (SSSR count). The van der Waals surface area contributed by atoms with Crippen molar-refractivity contribution in [1.82, 2.24) is 34.9 Å². The Balaban J connectivity index is 1.16. The lowest BCUT2D eigenvalue weighted by molar-refractivity contribution is -0.141. The number of hydrogen-bond acceptors (Lipinski definition) is 8. The molecule has 11 nitrogen and oxygen atoms in total. The Hall–Kier alpha value is -5.16. The zero-order valence-electron chi connectivity index (χ0n) is 27.5. The van der Waals surface area contributed by atoms with Crippen molar-refractivity contribution in [2.45, 2.75) is 43.9 Å². The van der Waals surface area contributed by atoms with Gasteiger partial charge in [-0.1, -0.05) is 25.2 Å². The Morgan fingerprint density at radius 1 is 1.24 bits per heavy atom. The Morgan fingerprint density at radius 3 is 2.67 bits per heavy atom. The molecule has 3 aliphatic rings. The number of nitriles is 1. The summed E-state index contributed by atoms with van der Waals surface area (Å²) in [5.74, 6) is 0.682. The minimum absolute atomic E-state index is 0.174. The molecule has 1 saturated heterocycles. The second kappa shape index (κ2) is 13.8. The number of anilines is 1. The number of alkyl halides is 3. The average molecular weight is 673 g/mol. The molecule has 0 atom stereocenters. The van der Waals surface area contributed by atoms with Crippen LogP contribution in [0.3, 0.4) is 0 Å². The normalized spacial score (nSPS) is 21.6. The van der Waals surface area contributed by atoms with E-state index >= 15 is 0 Å². The first kappa shape index (κ1) is 33.7. The molecule has 0 spiro atoms. The van der Waals surface area contributed by atoms with Crippen LogP contribution in [0.25, 0.3) is 5.57 Å². The summed E-state index contributed by atoms with van der Waals surface area (Å²) in [5.41, 5.74) is 2.23. The third-order valence-electron chi connectivity index (χ3n) is 9.49. The predicted molar refractivity (Wildman–Crippen MR) is 181 cm³/mol. The molecule has 0 unspecified atom stereocenters. The van der Waals surface area contributed by atoms with Crippen molar-refractivity contribution in [3.63, 3.8) is 0 Å². The molecule has 1 amide bonds. The van der Waals surface area contributed by atoms with E-state index in [-0.39, 0.29) is 17.3 Å². The van der Waals surface area contributed by atoms with Crippen LogP contribution in [-0.2, 0) is 11.7 Å². The van der Waals surface area contributed by atoms with Crippen molar-refractivity contribution < 1.29 is 18.0 Å². The largest absolute Gasteiger partial charge is 0.433 e. The van der Waals surface area contributed by atoms with E-state index in [0.29, 0.717) is 57.9 Å². The molecule has 1 saturated carbocycles. The second-order valence-corrected chi connectivity index (χ2v) is 12.5. The fourth-order valence-electron chi connectivity index (χ4n) is 6.70. The summed E-state index contributed by atoms with van der Waals surface area (Å²) in [5, 5.41) is 20.4. The Kier molecular flexibility index (Phi) is 9.47. The smallest absolute Gasteiger partial charge is 0.374 e.